The van der Waals surface area contributed by atoms with E-state index in [2.05, 4.69) is 26.7 Å². The van der Waals surface area contributed by atoms with Crippen LogP contribution in [-0.4, -0.2) is 16.4 Å². The van der Waals surface area contributed by atoms with Gasteiger partial charge in [0.05, 0.1) is 17.2 Å². The SMILES string of the molecule is Cc1nc(CN(C)c2snc(N)c2C2CC2)cs1. The fraction of sp³-hybridized carbons (Fsp3) is 0.500. The number of nitrogens with two attached hydrogens (primary N) is 1. The molecule has 3 rings (SSSR count). The molecule has 0 amide bonds. The number of nitrogen functional groups attached to an aromatic ring is 1. The van der Waals surface area contributed by atoms with Crippen molar-refractivity contribution in [2.45, 2.75) is 32.2 Å². The summed E-state index contributed by atoms with van der Waals surface area (Å²) in [4.78, 5) is 6.72. The highest BCUT2D eigenvalue weighted by molar-refractivity contribution is 7.10. The van der Waals surface area contributed by atoms with Gasteiger partial charge in [-0.15, -0.1) is 11.3 Å². The Morgan fingerprint density at radius 2 is 2.28 bits per heavy atom. The molecule has 0 aliphatic heterocycles. The third-order valence-electron chi connectivity index (χ3n) is 3.13. The van der Waals surface area contributed by atoms with Crippen molar-refractivity contribution in [3.05, 3.63) is 21.6 Å². The average molecular weight is 280 g/mol. The molecule has 1 aliphatic carbocycles. The Labute approximate surface area is 115 Å². The zero-order valence-electron chi connectivity index (χ0n) is 10.5. The summed E-state index contributed by atoms with van der Waals surface area (Å²) in [6.45, 7) is 2.86. The maximum Gasteiger partial charge on any atom is 0.142 e. The van der Waals surface area contributed by atoms with Crippen LogP contribution in [0.4, 0.5) is 10.8 Å². The van der Waals surface area contributed by atoms with Crippen LogP contribution in [0.3, 0.4) is 0 Å². The van der Waals surface area contributed by atoms with Gasteiger partial charge >= 0.3 is 0 Å². The number of aryl methyl sites for hydroxylation is 1. The molecule has 96 valence electrons. The molecule has 0 radical (unpaired) electrons. The first-order valence-corrected chi connectivity index (χ1v) is 7.67. The minimum Gasteiger partial charge on any atom is -0.383 e. The first kappa shape index (κ1) is 11.9. The van der Waals surface area contributed by atoms with Crippen LogP contribution in [0.15, 0.2) is 5.38 Å². The lowest BCUT2D eigenvalue weighted by Crippen LogP contribution is -2.16. The second-order valence-corrected chi connectivity index (χ2v) is 6.59. The van der Waals surface area contributed by atoms with Gasteiger partial charge in [-0.2, -0.15) is 4.37 Å². The van der Waals surface area contributed by atoms with E-state index in [1.54, 1.807) is 11.3 Å². The Balaban J connectivity index is 1.81. The molecule has 4 nitrogen and oxygen atoms in total. The molecule has 0 atom stereocenters. The van der Waals surface area contributed by atoms with Crippen molar-refractivity contribution in [3.8, 4) is 0 Å². The molecular formula is C12H16N4S2. The van der Waals surface area contributed by atoms with Gasteiger partial charge in [-0.25, -0.2) is 4.98 Å². The highest BCUT2D eigenvalue weighted by atomic mass is 32.1. The molecule has 0 saturated heterocycles. The molecule has 0 aromatic carbocycles. The predicted molar refractivity (Wildman–Crippen MR) is 77.5 cm³/mol. The Hall–Kier alpha value is -1.14. The van der Waals surface area contributed by atoms with Crippen LogP contribution in [-0.2, 0) is 6.54 Å². The fourth-order valence-corrected chi connectivity index (χ4v) is 3.59. The van der Waals surface area contributed by atoms with E-state index in [0.717, 1.165) is 23.1 Å². The third-order valence-corrected chi connectivity index (χ3v) is 4.95. The standard InChI is InChI=1S/C12H16N4S2/c1-7-14-9(6-17-7)5-16(2)12-10(8-3-4-8)11(13)15-18-12/h6,8H,3-5H2,1-2H3,(H2,13,15). The molecule has 2 heterocycles. The van der Waals surface area contributed by atoms with Gasteiger partial charge in [-0.05, 0) is 37.2 Å². The zero-order chi connectivity index (χ0) is 12.7. The molecule has 0 unspecified atom stereocenters. The fourth-order valence-electron chi connectivity index (χ4n) is 2.13. The first-order chi connectivity index (χ1) is 8.65. The van der Waals surface area contributed by atoms with E-state index < -0.39 is 0 Å². The highest BCUT2D eigenvalue weighted by Gasteiger charge is 2.31. The molecule has 6 heteroatoms. The van der Waals surface area contributed by atoms with E-state index >= 15 is 0 Å². The number of rotatable bonds is 4. The minimum atomic E-state index is 0.637. The van der Waals surface area contributed by atoms with E-state index in [1.165, 1.54) is 34.9 Å². The maximum absolute atomic E-state index is 5.98. The summed E-state index contributed by atoms with van der Waals surface area (Å²) < 4.78 is 4.31. The molecule has 0 spiro atoms. The summed E-state index contributed by atoms with van der Waals surface area (Å²) >= 11 is 3.20. The highest BCUT2D eigenvalue weighted by Crippen LogP contribution is 2.48. The summed E-state index contributed by atoms with van der Waals surface area (Å²) in [5, 5.41) is 4.44. The van der Waals surface area contributed by atoms with E-state index in [0.29, 0.717) is 5.92 Å². The van der Waals surface area contributed by atoms with Crippen molar-refractivity contribution in [2.75, 3.05) is 17.7 Å². The number of anilines is 2. The van der Waals surface area contributed by atoms with Crippen molar-refractivity contribution >= 4 is 33.7 Å². The van der Waals surface area contributed by atoms with Crippen molar-refractivity contribution in [1.82, 2.24) is 9.36 Å². The van der Waals surface area contributed by atoms with Crippen LogP contribution < -0.4 is 10.6 Å². The molecule has 2 aromatic rings. The summed E-state index contributed by atoms with van der Waals surface area (Å²) in [6.07, 6.45) is 2.50. The molecule has 1 saturated carbocycles. The topological polar surface area (TPSA) is 55.0 Å². The molecule has 1 fully saturated rings. The summed E-state index contributed by atoms with van der Waals surface area (Å²) in [6, 6.07) is 0. The average Bonchev–Trinajstić information content (AvgIpc) is 2.97. The Bertz CT molecular complexity index is 556. The van der Waals surface area contributed by atoms with Gasteiger partial charge in [0, 0.05) is 18.0 Å². The Morgan fingerprint density at radius 1 is 1.50 bits per heavy atom. The predicted octanol–water partition coefficient (Wildman–Crippen LogP) is 3.00. The lowest BCUT2D eigenvalue weighted by molar-refractivity contribution is 0.890. The quantitative estimate of drug-likeness (QED) is 0.935. The van der Waals surface area contributed by atoms with Crippen molar-refractivity contribution < 1.29 is 0 Å². The van der Waals surface area contributed by atoms with E-state index in [-0.39, 0.29) is 0 Å². The second kappa shape index (κ2) is 4.51. The lowest BCUT2D eigenvalue weighted by Gasteiger charge is -2.17. The number of nitrogens with zero attached hydrogens (tertiary/aromatic N) is 3. The Morgan fingerprint density at radius 3 is 2.89 bits per heavy atom. The van der Waals surface area contributed by atoms with E-state index in [4.69, 9.17) is 5.73 Å². The Kier molecular flexibility index (Phi) is 2.99. The van der Waals surface area contributed by atoms with Crippen LogP contribution in [0.5, 0.6) is 0 Å². The minimum absolute atomic E-state index is 0.637. The molecule has 18 heavy (non-hydrogen) atoms. The van der Waals surface area contributed by atoms with Gasteiger partial charge in [-0.1, -0.05) is 0 Å². The monoisotopic (exact) mass is 280 g/mol. The molecule has 1 aliphatic rings. The van der Waals surface area contributed by atoms with Crippen LogP contribution >= 0.6 is 22.9 Å². The van der Waals surface area contributed by atoms with E-state index in [1.807, 2.05) is 6.92 Å². The van der Waals surface area contributed by atoms with Gasteiger partial charge in [0.25, 0.3) is 0 Å². The van der Waals surface area contributed by atoms with Gasteiger partial charge in [-0.3, -0.25) is 0 Å². The van der Waals surface area contributed by atoms with Crippen molar-refractivity contribution in [2.24, 2.45) is 0 Å². The number of hydrogen-bond donors (Lipinski definition) is 1. The van der Waals surface area contributed by atoms with Crippen LogP contribution in [0.1, 0.15) is 35.0 Å². The van der Waals surface area contributed by atoms with Gasteiger partial charge in [0.15, 0.2) is 0 Å². The van der Waals surface area contributed by atoms with Crippen molar-refractivity contribution in [1.29, 1.82) is 0 Å². The van der Waals surface area contributed by atoms with Gasteiger partial charge < -0.3 is 10.6 Å². The van der Waals surface area contributed by atoms with Crippen LogP contribution in [0.2, 0.25) is 0 Å². The molecule has 2 aromatic heterocycles. The molecule has 0 bridgehead atoms. The first-order valence-electron chi connectivity index (χ1n) is 6.02. The molecular weight excluding hydrogens is 264 g/mol. The smallest absolute Gasteiger partial charge is 0.142 e. The number of hydrogen-bond acceptors (Lipinski definition) is 6. The second-order valence-electron chi connectivity index (χ2n) is 4.77. The summed E-state index contributed by atoms with van der Waals surface area (Å²) in [7, 11) is 2.09. The van der Waals surface area contributed by atoms with Crippen molar-refractivity contribution in [3.63, 3.8) is 0 Å². The number of aromatic nitrogens is 2. The van der Waals surface area contributed by atoms with Gasteiger partial charge in [0.1, 0.15) is 10.8 Å². The number of thiazole rings is 1. The third kappa shape index (κ3) is 2.22. The van der Waals surface area contributed by atoms with Crippen LogP contribution in [0.25, 0.3) is 0 Å². The summed E-state index contributed by atoms with van der Waals surface area (Å²) in [5.74, 6) is 1.36. The zero-order valence-corrected chi connectivity index (χ0v) is 12.1. The van der Waals surface area contributed by atoms with Crippen LogP contribution in [0, 0.1) is 6.92 Å². The van der Waals surface area contributed by atoms with E-state index in [9.17, 15) is 0 Å². The molecule has 2 N–H and O–H groups in total. The van der Waals surface area contributed by atoms with Gasteiger partial charge in [0.2, 0.25) is 0 Å². The lowest BCUT2D eigenvalue weighted by atomic mass is 10.2. The maximum atomic E-state index is 5.98. The normalized spacial score (nSPS) is 15.0. The largest absolute Gasteiger partial charge is 0.383 e. The summed E-state index contributed by atoms with van der Waals surface area (Å²) in [5.41, 5.74) is 8.35.